The molecule has 0 aromatic rings. The van der Waals surface area contributed by atoms with Gasteiger partial charge in [0, 0.05) is 12.1 Å². The summed E-state index contributed by atoms with van der Waals surface area (Å²) in [6.45, 7) is 4.70. The number of hydrogen-bond acceptors (Lipinski definition) is 3. The average Bonchev–Trinajstić information content (AvgIpc) is 2.85. The monoisotopic (exact) mass is 361 g/mol. The van der Waals surface area contributed by atoms with Crippen molar-refractivity contribution in [2.24, 2.45) is 29.6 Å². The molecule has 4 rings (SSSR count). The van der Waals surface area contributed by atoms with Gasteiger partial charge in [-0.3, -0.25) is 9.69 Å². The first-order chi connectivity index (χ1) is 12.5. The van der Waals surface area contributed by atoms with Gasteiger partial charge in [0.2, 0.25) is 0 Å². The largest absolute Gasteiger partial charge is 0.462 e. The highest BCUT2D eigenvalue weighted by Crippen LogP contribution is 2.49. The molecular formula is C23H39NO2. The van der Waals surface area contributed by atoms with Crippen LogP contribution in [0.15, 0.2) is 0 Å². The Kier molecular flexibility index (Phi) is 5.64. The van der Waals surface area contributed by atoms with Crippen LogP contribution in [0.3, 0.4) is 0 Å². The standard InChI is InChI=1S/C23H39NO2/c1-15-7-9-17(10-8-15)20-14-18-11-12-21(24(18)3)22(20)23(25)26-19-6-4-5-16(2)13-19/h15-22H,4-14H2,1-3H3/t15?,16?,17?,18-,19?,20-,21?,22?/m1/s1. The van der Waals surface area contributed by atoms with Crippen LogP contribution in [0.4, 0.5) is 0 Å². The zero-order chi connectivity index (χ0) is 18.3. The second kappa shape index (κ2) is 7.81. The number of carbonyl (C=O) groups excluding carboxylic acids is 1. The summed E-state index contributed by atoms with van der Waals surface area (Å²) in [5.74, 6) is 3.21. The molecule has 4 unspecified atom stereocenters. The van der Waals surface area contributed by atoms with Crippen LogP contribution >= 0.6 is 0 Å². The van der Waals surface area contributed by atoms with Crippen molar-refractivity contribution in [1.29, 1.82) is 0 Å². The maximum absolute atomic E-state index is 13.4. The molecule has 2 heterocycles. The Balaban J connectivity index is 1.48. The molecule has 4 aliphatic rings. The lowest BCUT2D eigenvalue weighted by atomic mass is 9.67. The lowest BCUT2D eigenvalue weighted by Gasteiger charge is -2.46. The molecule has 148 valence electrons. The number of nitrogens with zero attached hydrogens (tertiary/aromatic N) is 1. The Labute approximate surface area is 160 Å². The van der Waals surface area contributed by atoms with Gasteiger partial charge in [-0.05, 0) is 82.1 Å². The Morgan fingerprint density at radius 2 is 1.65 bits per heavy atom. The highest BCUT2D eigenvalue weighted by Gasteiger charge is 2.51. The van der Waals surface area contributed by atoms with Crippen molar-refractivity contribution in [1.82, 2.24) is 4.90 Å². The van der Waals surface area contributed by atoms with Gasteiger partial charge in [0.15, 0.2) is 0 Å². The summed E-state index contributed by atoms with van der Waals surface area (Å²) in [7, 11) is 2.25. The topological polar surface area (TPSA) is 29.5 Å². The predicted molar refractivity (Wildman–Crippen MR) is 105 cm³/mol. The fourth-order valence-corrected chi connectivity index (χ4v) is 6.76. The molecule has 26 heavy (non-hydrogen) atoms. The third kappa shape index (κ3) is 3.70. The Hall–Kier alpha value is -0.570. The van der Waals surface area contributed by atoms with Crippen LogP contribution in [0.1, 0.15) is 84.5 Å². The van der Waals surface area contributed by atoms with Crippen molar-refractivity contribution in [2.75, 3.05) is 7.05 Å². The number of fused-ring (bicyclic) bond motifs is 2. The summed E-state index contributed by atoms with van der Waals surface area (Å²) in [5.41, 5.74) is 0. The van der Waals surface area contributed by atoms with Crippen LogP contribution in [0.5, 0.6) is 0 Å². The fraction of sp³-hybridized carbons (Fsp3) is 0.957. The summed E-state index contributed by atoms with van der Waals surface area (Å²) >= 11 is 0. The SMILES string of the molecule is CC1CCC([C@H]2C[C@H]3CCC(C2C(=O)OC2CCCC(C)C2)N3C)CC1. The van der Waals surface area contributed by atoms with E-state index < -0.39 is 0 Å². The van der Waals surface area contributed by atoms with Gasteiger partial charge in [-0.15, -0.1) is 0 Å². The van der Waals surface area contributed by atoms with Crippen LogP contribution in [0, 0.1) is 29.6 Å². The van der Waals surface area contributed by atoms with Gasteiger partial charge in [0.1, 0.15) is 6.10 Å². The van der Waals surface area contributed by atoms with E-state index in [-0.39, 0.29) is 18.0 Å². The maximum Gasteiger partial charge on any atom is 0.311 e. The number of piperidine rings is 1. The van der Waals surface area contributed by atoms with Crippen LogP contribution in [0.25, 0.3) is 0 Å². The van der Waals surface area contributed by atoms with E-state index in [9.17, 15) is 4.79 Å². The number of esters is 1. The lowest BCUT2D eigenvalue weighted by Crippen LogP contribution is -2.52. The van der Waals surface area contributed by atoms with Gasteiger partial charge in [-0.25, -0.2) is 0 Å². The van der Waals surface area contributed by atoms with Crippen molar-refractivity contribution in [3.63, 3.8) is 0 Å². The molecule has 2 aliphatic heterocycles. The van der Waals surface area contributed by atoms with Crippen molar-refractivity contribution in [3.8, 4) is 0 Å². The molecule has 0 spiro atoms. The van der Waals surface area contributed by atoms with Gasteiger partial charge in [0.25, 0.3) is 0 Å². The summed E-state index contributed by atoms with van der Waals surface area (Å²) in [4.78, 5) is 15.9. The van der Waals surface area contributed by atoms with Crippen molar-refractivity contribution in [3.05, 3.63) is 0 Å². The summed E-state index contributed by atoms with van der Waals surface area (Å²) in [5, 5.41) is 0. The molecule has 3 heteroatoms. The third-order valence-corrected chi connectivity index (χ3v) is 8.42. The van der Waals surface area contributed by atoms with Crippen LogP contribution in [-0.2, 0) is 9.53 Å². The zero-order valence-electron chi connectivity index (χ0n) is 17.2. The van der Waals surface area contributed by atoms with Gasteiger partial charge in [0.05, 0.1) is 5.92 Å². The van der Waals surface area contributed by atoms with Crippen LogP contribution in [0.2, 0.25) is 0 Å². The first kappa shape index (κ1) is 18.8. The first-order valence-corrected chi connectivity index (χ1v) is 11.4. The van der Waals surface area contributed by atoms with E-state index in [2.05, 4.69) is 25.8 Å². The van der Waals surface area contributed by atoms with Crippen molar-refractivity contribution < 1.29 is 9.53 Å². The summed E-state index contributed by atoms with van der Waals surface area (Å²) < 4.78 is 6.18. The van der Waals surface area contributed by atoms with Crippen molar-refractivity contribution >= 4 is 5.97 Å². The molecule has 6 atom stereocenters. The van der Waals surface area contributed by atoms with E-state index in [1.165, 1.54) is 57.8 Å². The molecule has 2 saturated heterocycles. The summed E-state index contributed by atoms with van der Waals surface area (Å²) in [6.07, 6.45) is 13.9. The summed E-state index contributed by atoms with van der Waals surface area (Å²) in [6, 6.07) is 1.15. The lowest BCUT2D eigenvalue weighted by molar-refractivity contribution is -0.165. The highest BCUT2D eigenvalue weighted by atomic mass is 16.5. The second-order valence-corrected chi connectivity index (χ2v) is 10.2. The Bertz CT molecular complexity index is 498. The van der Waals surface area contributed by atoms with E-state index >= 15 is 0 Å². The zero-order valence-corrected chi connectivity index (χ0v) is 17.2. The highest BCUT2D eigenvalue weighted by molar-refractivity contribution is 5.74. The third-order valence-electron chi connectivity index (χ3n) is 8.42. The van der Waals surface area contributed by atoms with E-state index in [1.54, 1.807) is 0 Å². The quantitative estimate of drug-likeness (QED) is 0.660. The smallest absolute Gasteiger partial charge is 0.311 e. The number of hydrogen-bond donors (Lipinski definition) is 0. The number of ether oxygens (including phenoxy) is 1. The Morgan fingerprint density at radius 1 is 0.885 bits per heavy atom. The molecule has 2 bridgehead atoms. The molecule has 0 aromatic heterocycles. The molecule has 0 radical (unpaired) electrons. The van der Waals surface area contributed by atoms with Crippen LogP contribution < -0.4 is 0 Å². The number of carbonyl (C=O) groups is 1. The van der Waals surface area contributed by atoms with Gasteiger partial charge in [-0.1, -0.05) is 33.1 Å². The predicted octanol–water partition coefficient (Wildman–Crippen LogP) is 5.03. The minimum Gasteiger partial charge on any atom is -0.462 e. The van der Waals surface area contributed by atoms with Crippen LogP contribution in [-0.4, -0.2) is 36.1 Å². The van der Waals surface area contributed by atoms with Gasteiger partial charge >= 0.3 is 5.97 Å². The Morgan fingerprint density at radius 3 is 2.38 bits per heavy atom. The molecular weight excluding hydrogens is 322 g/mol. The maximum atomic E-state index is 13.4. The van der Waals surface area contributed by atoms with Gasteiger partial charge < -0.3 is 4.74 Å². The van der Waals surface area contributed by atoms with E-state index in [0.717, 1.165) is 24.7 Å². The van der Waals surface area contributed by atoms with Gasteiger partial charge in [-0.2, -0.15) is 0 Å². The minimum atomic E-state index is 0.134. The fourth-order valence-electron chi connectivity index (χ4n) is 6.76. The average molecular weight is 362 g/mol. The second-order valence-electron chi connectivity index (χ2n) is 10.2. The molecule has 3 nitrogen and oxygen atoms in total. The van der Waals surface area contributed by atoms with E-state index in [1.807, 2.05) is 0 Å². The molecule has 0 aromatic carbocycles. The van der Waals surface area contributed by atoms with Crippen molar-refractivity contribution in [2.45, 2.75) is 103 Å². The molecule has 0 amide bonds. The molecule has 4 fully saturated rings. The minimum absolute atomic E-state index is 0.134. The normalized spacial score (nSPS) is 46.9. The van der Waals surface area contributed by atoms with E-state index in [0.29, 0.717) is 23.9 Å². The number of rotatable bonds is 3. The molecule has 2 saturated carbocycles. The molecule has 0 N–H and O–H groups in total. The molecule has 2 aliphatic carbocycles. The van der Waals surface area contributed by atoms with E-state index in [4.69, 9.17) is 4.74 Å². The first-order valence-electron chi connectivity index (χ1n) is 11.4.